The van der Waals surface area contributed by atoms with Crippen LogP contribution in [0.2, 0.25) is 0 Å². The molecule has 5 nitrogen and oxygen atoms in total. The zero-order valence-corrected chi connectivity index (χ0v) is 12.9. The van der Waals surface area contributed by atoms with Crippen LogP contribution in [-0.4, -0.2) is 24.1 Å². The van der Waals surface area contributed by atoms with Gasteiger partial charge in [0.1, 0.15) is 0 Å². The van der Waals surface area contributed by atoms with Crippen molar-refractivity contribution >= 4 is 17.0 Å². The maximum Gasteiger partial charge on any atom is 0.295 e. The summed E-state index contributed by atoms with van der Waals surface area (Å²) in [7, 11) is 3.03. The minimum absolute atomic E-state index is 0.172. The zero-order valence-electron chi connectivity index (χ0n) is 12.1. The minimum Gasteiger partial charge on any atom is -0.399 e. The molecule has 1 aromatic carbocycles. The molecule has 1 rings (SSSR count). The Hall–Kier alpha value is -0.790. The molecule has 0 fully saturated rings. The van der Waals surface area contributed by atoms with Crippen LogP contribution >= 0.6 is 0 Å². The van der Waals surface area contributed by atoms with Crippen LogP contribution in [0.25, 0.3) is 0 Å². The van der Waals surface area contributed by atoms with Gasteiger partial charge >= 0.3 is 0 Å². The van der Waals surface area contributed by atoms with Gasteiger partial charge in [0.15, 0.2) is 4.75 Å². The number of hydrogen-bond donors (Lipinski definition) is 3. The Morgan fingerprint density at radius 1 is 1.16 bits per heavy atom. The zero-order chi connectivity index (χ0) is 14.7. The maximum atomic E-state index is 10.6. The van der Waals surface area contributed by atoms with Gasteiger partial charge in [0, 0.05) is 18.4 Å². The van der Waals surface area contributed by atoms with E-state index in [-0.39, 0.29) is 4.75 Å². The Morgan fingerprint density at radius 3 is 2.05 bits per heavy atom. The van der Waals surface area contributed by atoms with E-state index in [1.165, 1.54) is 7.11 Å². The first-order valence-electron chi connectivity index (χ1n) is 5.93. The van der Waals surface area contributed by atoms with E-state index in [0.717, 1.165) is 0 Å². The summed E-state index contributed by atoms with van der Waals surface area (Å²) in [6, 6.07) is 6.85. The van der Waals surface area contributed by atoms with Gasteiger partial charge in [0.05, 0.1) is 7.11 Å². The molecule has 6 heteroatoms. The largest absolute Gasteiger partial charge is 0.399 e. The van der Waals surface area contributed by atoms with E-state index >= 15 is 0 Å². The van der Waals surface area contributed by atoms with Crippen molar-refractivity contribution in [2.45, 2.75) is 31.4 Å². The smallest absolute Gasteiger partial charge is 0.295 e. The highest BCUT2D eigenvalue weighted by Gasteiger charge is 2.46. The molecule has 0 heterocycles. The standard InChI is InChI=1S/C13H23N2O3S/c1-12(2,3)19(18-5)15-13(16,17-4)10-6-8-11(14)9-7-10/h6-9,15-16H,14H2,1-5H3/q+1. The highest BCUT2D eigenvalue weighted by atomic mass is 32.2. The third-order valence-corrected chi connectivity index (χ3v) is 4.46. The van der Waals surface area contributed by atoms with E-state index in [1.54, 1.807) is 31.4 Å². The van der Waals surface area contributed by atoms with Crippen molar-refractivity contribution in [3.05, 3.63) is 29.8 Å². The first-order valence-corrected chi connectivity index (χ1v) is 7.08. The second-order valence-corrected chi connectivity index (χ2v) is 7.42. The molecule has 0 aliphatic rings. The van der Waals surface area contributed by atoms with E-state index in [9.17, 15) is 5.11 Å². The molecule has 2 atom stereocenters. The molecule has 0 aliphatic heterocycles. The molecule has 1 aromatic rings. The summed E-state index contributed by atoms with van der Waals surface area (Å²) >= 11 is -0.680. The van der Waals surface area contributed by atoms with E-state index < -0.39 is 17.3 Å². The topological polar surface area (TPSA) is 76.7 Å². The predicted octanol–water partition coefficient (Wildman–Crippen LogP) is 1.50. The number of ether oxygens (including phenoxy) is 1. The number of methoxy groups -OCH3 is 1. The predicted molar refractivity (Wildman–Crippen MR) is 79.0 cm³/mol. The summed E-state index contributed by atoms with van der Waals surface area (Å²) in [6.07, 6.45) is 0. The normalized spacial score (nSPS) is 16.9. The lowest BCUT2D eigenvalue weighted by Crippen LogP contribution is -2.53. The highest BCUT2D eigenvalue weighted by Crippen LogP contribution is 2.26. The van der Waals surface area contributed by atoms with Crippen molar-refractivity contribution in [2.75, 3.05) is 20.0 Å². The van der Waals surface area contributed by atoms with Crippen LogP contribution in [0.15, 0.2) is 24.3 Å². The summed E-state index contributed by atoms with van der Waals surface area (Å²) in [5.41, 5.74) is 6.84. The number of rotatable bonds is 5. The summed E-state index contributed by atoms with van der Waals surface area (Å²) in [4.78, 5) is 0. The van der Waals surface area contributed by atoms with Gasteiger partial charge in [0.2, 0.25) is 11.4 Å². The molecule has 19 heavy (non-hydrogen) atoms. The molecule has 4 N–H and O–H groups in total. The SMILES string of the molecule is CO[S+](NC(O)(OC)c1ccc(N)cc1)C(C)(C)C. The van der Waals surface area contributed by atoms with Crippen LogP contribution in [0, 0.1) is 0 Å². The number of benzene rings is 1. The lowest BCUT2D eigenvalue weighted by molar-refractivity contribution is -0.202. The Balaban J connectivity index is 3.00. The fraction of sp³-hybridized carbons (Fsp3) is 0.538. The summed E-state index contributed by atoms with van der Waals surface area (Å²) in [5, 5.41) is 10.6. The number of anilines is 1. The molecule has 0 aromatic heterocycles. The molecule has 0 radical (unpaired) electrons. The van der Waals surface area contributed by atoms with Crippen molar-refractivity contribution in [1.82, 2.24) is 4.72 Å². The Labute approximate surface area is 117 Å². The number of nitrogen functional groups attached to an aromatic ring is 1. The van der Waals surface area contributed by atoms with Gasteiger partial charge in [-0.1, -0.05) is 0 Å². The van der Waals surface area contributed by atoms with Crippen molar-refractivity contribution in [3.8, 4) is 0 Å². The van der Waals surface area contributed by atoms with Gasteiger partial charge in [-0.15, -0.1) is 0 Å². The summed E-state index contributed by atoms with van der Waals surface area (Å²) in [5.74, 6) is -1.61. The van der Waals surface area contributed by atoms with Crippen LogP contribution in [0.5, 0.6) is 0 Å². The molecule has 108 valence electrons. The van der Waals surface area contributed by atoms with Crippen LogP contribution in [-0.2, 0) is 26.2 Å². The molecule has 0 saturated carbocycles. The van der Waals surface area contributed by atoms with E-state index in [4.69, 9.17) is 14.7 Å². The molecular formula is C13H23N2O3S+. The molecule has 0 bridgehead atoms. The van der Waals surface area contributed by atoms with Gasteiger partial charge in [-0.3, -0.25) is 0 Å². The minimum atomic E-state index is -1.61. The molecule has 0 amide bonds. The van der Waals surface area contributed by atoms with E-state index in [0.29, 0.717) is 11.3 Å². The fourth-order valence-corrected chi connectivity index (χ4v) is 2.84. The Morgan fingerprint density at radius 2 is 1.68 bits per heavy atom. The average Bonchev–Trinajstić information content (AvgIpc) is 2.35. The molecule has 2 unspecified atom stereocenters. The van der Waals surface area contributed by atoms with Crippen molar-refractivity contribution in [3.63, 3.8) is 0 Å². The van der Waals surface area contributed by atoms with Crippen molar-refractivity contribution in [2.24, 2.45) is 0 Å². The number of aliphatic hydroxyl groups is 1. The van der Waals surface area contributed by atoms with Crippen LogP contribution < -0.4 is 10.5 Å². The second-order valence-electron chi connectivity index (χ2n) is 5.12. The molecule has 0 aliphatic carbocycles. The van der Waals surface area contributed by atoms with Gasteiger partial charge in [-0.25, -0.2) is 0 Å². The first kappa shape index (κ1) is 16.3. The van der Waals surface area contributed by atoms with E-state index in [2.05, 4.69) is 4.72 Å². The van der Waals surface area contributed by atoms with Crippen LogP contribution in [0.3, 0.4) is 0 Å². The third kappa shape index (κ3) is 4.09. The monoisotopic (exact) mass is 287 g/mol. The lowest BCUT2D eigenvalue weighted by atomic mass is 10.1. The summed E-state index contributed by atoms with van der Waals surface area (Å²) < 4.78 is 13.5. The number of nitrogens with one attached hydrogen (secondary N) is 1. The molecule has 0 saturated heterocycles. The van der Waals surface area contributed by atoms with Gasteiger partial charge in [-0.05, 0) is 49.8 Å². The number of hydrogen-bond acceptors (Lipinski definition) is 5. The quantitative estimate of drug-likeness (QED) is 0.435. The average molecular weight is 287 g/mol. The summed E-state index contributed by atoms with van der Waals surface area (Å²) in [6.45, 7) is 6.06. The highest BCUT2D eigenvalue weighted by molar-refractivity contribution is 7.91. The fourth-order valence-electron chi connectivity index (χ4n) is 1.50. The number of nitrogens with two attached hydrogens (primary N) is 1. The lowest BCUT2D eigenvalue weighted by Gasteiger charge is -2.28. The maximum absolute atomic E-state index is 10.6. The van der Waals surface area contributed by atoms with Gasteiger partial charge < -0.3 is 15.6 Å². The van der Waals surface area contributed by atoms with Crippen molar-refractivity contribution in [1.29, 1.82) is 0 Å². The molecule has 0 spiro atoms. The Kier molecular flexibility index (Phi) is 5.23. The third-order valence-electron chi connectivity index (χ3n) is 2.55. The van der Waals surface area contributed by atoms with Gasteiger partial charge in [0.25, 0.3) is 5.91 Å². The van der Waals surface area contributed by atoms with Crippen LogP contribution in [0.1, 0.15) is 26.3 Å². The van der Waals surface area contributed by atoms with E-state index in [1.807, 2.05) is 20.8 Å². The molecular weight excluding hydrogens is 264 g/mol. The second kappa shape index (κ2) is 6.11. The van der Waals surface area contributed by atoms with Crippen molar-refractivity contribution < 1.29 is 14.0 Å². The van der Waals surface area contributed by atoms with Gasteiger partial charge in [-0.2, -0.15) is 4.18 Å². The Bertz CT molecular complexity index is 405. The van der Waals surface area contributed by atoms with Crippen LogP contribution in [0.4, 0.5) is 5.69 Å². The first-order chi connectivity index (χ1) is 8.73.